The molecule has 1 aromatic heterocycles. The largest absolute Gasteiger partial charge is 0.380 e. The van der Waals surface area contributed by atoms with Gasteiger partial charge in [-0.15, -0.1) is 0 Å². The van der Waals surface area contributed by atoms with E-state index in [9.17, 15) is 4.79 Å². The minimum atomic E-state index is 0.00639. The molecular weight excluding hydrogens is 268 g/mol. The van der Waals surface area contributed by atoms with Crippen LogP contribution in [0.3, 0.4) is 0 Å². The number of piperidine rings is 1. The van der Waals surface area contributed by atoms with E-state index in [1.807, 2.05) is 6.20 Å². The zero-order chi connectivity index (χ0) is 14.7. The number of hydrogen-bond donors (Lipinski definition) is 1. The third-order valence-electron chi connectivity index (χ3n) is 4.59. The van der Waals surface area contributed by atoms with Crippen molar-refractivity contribution in [2.45, 2.75) is 31.9 Å². The second kappa shape index (κ2) is 6.58. The molecule has 3 heterocycles. The van der Waals surface area contributed by atoms with Gasteiger partial charge in [-0.3, -0.25) is 4.79 Å². The van der Waals surface area contributed by atoms with E-state index < -0.39 is 0 Å². The molecule has 1 N–H and O–H groups in total. The van der Waals surface area contributed by atoms with Gasteiger partial charge in [-0.2, -0.15) is 5.10 Å². The van der Waals surface area contributed by atoms with Crippen molar-refractivity contribution < 1.29 is 4.74 Å². The molecular formula is C15H24N4O2. The first-order chi connectivity index (χ1) is 10.3. The lowest BCUT2D eigenvalue weighted by Crippen LogP contribution is -2.34. The normalized spacial score (nSPS) is 23.7. The van der Waals surface area contributed by atoms with Crippen molar-refractivity contribution >= 4 is 5.69 Å². The topological polar surface area (TPSA) is 59.4 Å². The van der Waals surface area contributed by atoms with Gasteiger partial charge in [-0.1, -0.05) is 0 Å². The molecule has 3 rings (SSSR count). The van der Waals surface area contributed by atoms with Crippen LogP contribution in [0.15, 0.2) is 17.1 Å². The highest BCUT2D eigenvalue weighted by atomic mass is 16.5. The van der Waals surface area contributed by atoms with Gasteiger partial charge < -0.3 is 15.0 Å². The predicted octanol–water partition coefficient (Wildman–Crippen LogP) is 0.468. The summed E-state index contributed by atoms with van der Waals surface area (Å²) in [5.41, 5.74) is 0.924. The van der Waals surface area contributed by atoms with E-state index in [1.165, 1.54) is 0 Å². The summed E-state index contributed by atoms with van der Waals surface area (Å²) in [7, 11) is 1.74. The van der Waals surface area contributed by atoms with Crippen molar-refractivity contribution in [1.82, 2.24) is 15.1 Å². The van der Waals surface area contributed by atoms with Gasteiger partial charge in [0.15, 0.2) is 0 Å². The summed E-state index contributed by atoms with van der Waals surface area (Å²) < 4.78 is 6.98. The first-order valence-corrected chi connectivity index (χ1v) is 7.82. The highest BCUT2D eigenvalue weighted by molar-refractivity contribution is 5.44. The van der Waals surface area contributed by atoms with E-state index >= 15 is 0 Å². The average molecular weight is 292 g/mol. The molecule has 2 saturated heterocycles. The molecule has 0 spiro atoms. The van der Waals surface area contributed by atoms with Crippen molar-refractivity contribution in [3.05, 3.63) is 22.6 Å². The van der Waals surface area contributed by atoms with Crippen LogP contribution in [-0.2, 0) is 11.3 Å². The van der Waals surface area contributed by atoms with Gasteiger partial charge in [0.25, 0.3) is 5.56 Å². The maximum absolute atomic E-state index is 12.2. The van der Waals surface area contributed by atoms with Gasteiger partial charge >= 0.3 is 0 Å². The maximum atomic E-state index is 12.2. The number of rotatable bonds is 4. The molecule has 6 nitrogen and oxygen atoms in total. The molecule has 1 atom stereocenters. The zero-order valence-corrected chi connectivity index (χ0v) is 12.6. The van der Waals surface area contributed by atoms with E-state index in [-0.39, 0.29) is 11.7 Å². The fraction of sp³-hybridized carbons (Fsp3) is 0.733. The Morgan fingerprint density at radius 1 is 1.38 bits per heavy atom. The number of nitrogens with one attached hydrogen (secondary N) is 1. The molecule has 1 aromatic rings. The van der Waals surface area contributed by atoms with Gasteiger partial charge in [-0.25, -0.2) is 4.68 Å². The second-order valence-corrected chi connectivity index (χ2v) is 6.02. The van der Waals surface area contributed by atoms with Gasteiger partial charge in [0.1, 0.15) is 0 Å². The van der Waals surface area contributed by atoms with Crippen LogP contribution in [0.2, 0.25) is 0 Å². The lowest BCUT2D eigenvalue weighted by molar-refractivity contribution is 0.121. The van der Waals surface area contributed by atoms with Crippen molar-refractivity contribution in [3.63, 3.8) is 0 Å². The van der Waals surface area contributed by atoms with Crippen LogP contribution in [0.1, 0.15) is 19.3 Å². The van der Waals surface area contributed by atoms with Crippen molar-refractivity contribution in [2.75, 3.05) is 38.2 Å². The summed E-state index contributed by atoms with van der Waals surface area (Å²) in [5, 5.41) is 7.71. The molecule has 0 bridgehead atoms. The van der Waals surface area contributed by atoms with Crippen LogP contribution in [0.5, 0.6) is 0 Å². The van der Waals surface area contributed by atoms with Crippen LogP contribution in [0, 0.1) is 5.92 Å². The van der Waals surface area contributed by atoms with E-state index in [4.69, 9.17) is 4.74 Å². The fourth-order valence-electron chi connectivity index (χ4n) is 3.20. The van der Waals surface area contributed by atoms with Crippen molar-refractivity contribution in [3.8, 4) is 0 Å². The Hall–Kier alpha value is -1.40. The summed E-state index contributed by atoms with van der Waals surface area (Å²) in [5.74, 6) is 0.562. The summed E-state index contributed by atoms with van der Waals surface area (Å²) in [6, 6.07) is 1.71. The SMILES string of the molecule is COC1CCN(c2cnn(CC3CCNCC3)c(=O)c2)C1. The molecule has 2 aliphatic heterocycles. The first-order valence-electron chi connectivity index (χ1n) is 7.82. The van der Waals surface area contributed by atoms with Crippen molar-refractivity contribution in [2.24, 2.45) is 5.92 Å². The lowest BCUT2D eigenvalue weighted by atomic mass is 9.98. The van der Waals surface area contributed by atoms with E-state index in [0.29, 0.717) is 5.92 Å². The molecule has 1 unspecified atom stereocenters. The summed E-state index contributed by atoms with van der Waals surface area (Å²) in [6.45, 7) is 4.60. The smallest absolute Gasteiger partial charge is 0.268 e. The van der Waals surface area contributed by atoms with Crippen molar-refractivity contribution in [1.29, 1.82) is 0 Å². The molecule has 21 heavy (non-hydrogen) atoms. The average Bonchev–Trinajstić information content (AvgIpc) is 2.99. The number of anilines is 1. The Kier molecular flexibility index (Phi) is 4.55. The monoisotopic (exact) mass is 292 g/mol. The van der Waals surface area contributed by atoms with Crippen LogP contribution in [0.25, 0.3) is 0 Å². The molecule has 2 fully saturated rings. The molecule has 116 valence electrons. The Labute approximate surface area is 125 Å². The zero-order valence-electron chi connectivity index (χ0n) is 12.6. The van der Waals surface area contributed by atoms with Gasteiger partial charge in [0.05, 0.1) is 18.0 Å². The Morgan fingerprint density at radius 2 is 2.19 bits per heavy atom. The molecule has 0 saturated carbocycles. The highest BCUT2D eigenvalue weighted by Crippen LogP contribution is 2.19. The molecule has 0 amide bonds. The Bertz CT molecular complexity index is 525. The number of ether oxygens (including phenoxy) is 1. The molecule has 2 aliphatic rings. The Balaban J connectivity index is 1.66. The quantitative estimate of drug-likeness (QED) is 0.874. The molecule has 0 aromatic carbocycles. The predicted molar refractivity (Wildman–Crippen MR) is 81.7 cm³/mol. The molecule has 0 radical (unpaired) electrons. The number of aromatic nitrogens is 2. The second-order valence-electron chi connectivity index (χ2n) is 6.02. The first kappa shape index (κ1) is 14.5. The third-order valence-corrected chi connectivity index (χ3v) is 4.59. The number of nitrogens with zero attached hydrogens (tertiary/aromatic N) is 3. The minimum Gasteiger partial charge on any atom is -0.380 e. The van der Waals surface area contributed by atoms with E-state index in [1.54, 1.807) is 17.9 Å². The summed E-state index contributed by atoms with van der Waals surface area (Å²) in [6.07, 6.45) is 5.34. The van der Waals surface area contributed by atoms with E-state index in [0.717, 1.165) is 57.7 Å². The van der Waals surface area contributed by atoms with E-state index in [2.05, 4.69) is 15.3 Å². The van der Waals surface area contributed by atoms with Gasteiger partial charge in [-0.05, 0) is 38.3 Å². The fourth-order valence-corrected chi connectivity index (χ4v) is 3.20. The number of hydrogen-bond acceptors (Lipinski definition) is 5. The third kappa shape index (κ3) is 3.44. The van der Waals surface area contributed by atoms with Crippen LogP contribution >= 0.6 is 0 Å². The van der Waals surface area contributed by atoms with Crippen LogP contribution in [-0.4, -0.2) is 49.2 Å². The van der Waals surface area contributed by atoms with Crippen LogP contribution in [0.4, 0.5) is 5.69 Å². The van der Waals surface area contributed by atoms with Gasteiger partial charge in [0, 0.05) is 32.8 Å². The summed E-state index contributed by atoms with van der Waals surface area (Å²) in [4.78, 5) is 14.4. The Morgan fingerprint density at radius 3 is 2.86 bits per heavy atom. The summed E-state index contributed by atoms with van der Waals surface area (Å²) >= 11 is 0. The number of methoxy groups -OCH3 is 1. The highest BCUT2D eigenvalue weighted by Gasteiger charge is 2.23. The lowest BCUT2D eigenvalue weighted by Gasteiger charge is -2.23. The standard InChI is InChI=1S/C15H24N4O2/c1-21-14-4-7-18(11-14)13-8-15(20)19(17-9-13)10-12-2-5-16-6-3-12/h8-9,12,14,16H,2-7,10-11H2,1H3. The maximum Gasteiger partial charge on any atom is 0.268 e. The van der Waals surface area contributed by atoms with Gasteiger partial charge in [0.2, 0.25) is 0 Å². The molecule has 0 aliphatic carbocycles. The van der Waals surface area contributed by atoms with Crippen LogP contribution < -0.4 is 15.8 Å². The minimum absolute atomic E-state index is 0.00639. The molecule has 6 heteroatoms.